The molecule has 0 atom stereocenters. The van der Waals surface area contributed by atoms with Crippen LogP contribution in [0.15, 0.2) is 0 Å². The topological polar surface area (TPSA) is 26.0 Å². The Bertz CT molecular complexity index is 97.4. The van der Waals surface area contributed by atoms with E-state index in [0.29, 0.717) is 5.41 Å². The van der Waals surface area contributed by atoms with Gasteiger partial charge >= 0.3 is 0 Å². The summed E-state index contributed by atoms with van der Waals surface area (Å²) in [7, 11) is 0. The maximum atomic E-state index is 5.61. The molecule has 0 aromatic rings. The molecule has 0 unspecified atom stereocenters. The number of nitrogens with two attached hydrogens (primary N) is 1. The third-order valence-corrected chi connectivity index (χ3v) is 2.96. The number of fused-ring (bicyclic) bond motifs is 1. The quantitative estimate of drug-likeness (QED) is 0.539. The second-order valence-electron chi connectivity index (χ2n) is 3.52. The molecule has 46 valence electrons. The summed E-state index contributed by atoms with van der Waals surface area (Å²) < 4.78 is 0. The summed E-state index contributed by atoms with van der Waals surface area (Å²) in [6.07, 6.45) is 5.79. The average Bonchev–Trinajstić information content (AvgIpc) is 2.17. The van der Waals surface area contributed by atoms with Crippen molar-refractivity contribution in [2.75, 3.05) is 6.54 Å². The summed E-state index contributed by atoms with van der Waals surface area (Å²) in [4.78, 5) is 0. The fraction of sp³-hybridized carbons (Fsp3) is 1.00. The van der Waals surface area contributed by atoms with Crippen molar-refractivity contribution in [3.05, 3.63) is 0 Å². The van der Waals surface area contributed by atoms with E-state index in [1.807, 2.05) is 0 Å². The van der Waals surface area contributed by atoms with Gasteiger partial charge < -0.3 is 5.73 Å². The maximum Gasteiger partial charge on any atom is -0.00203 e. The van der Waals surface area contributed by atoms with Gasteiger partial charge in [0.1, 0.15) is 0 Å². The van der Waals surface area contributed by atoms with Crippen LogP contribution in [-0.4, -0.2) is 6.54 Å². The van der Waals surface area contributed by atoms with Crippen LogP contribution in [0.3, 0.4) is 0 Å². The third-order valence-electron chi connectivity index (χ3n) is 2.96. The lowest BCUT2D eigenvalue weighted by Crippen LogP contribution is -2.35. The molecule has 2 N–H and O–H groups in total. The number of rotatable bonds is 1. The van der Waals surface area contributed by atoms with Crippen LogP contribution in [-0.2, 0) is 0 Å². The molecule has 8 heavy (non-hydrogen) atoms. The van der Waals surface area contributed by atoms with Gasteiger partial charge in [-0.25, -0.2) is 0 Å². The van der Waals surface area contributed by atoms with E-state index in [-0.39, 0.29) is 0 Å². The molecule has 3 saturated carbocycles. The molecule has 2 bridgehead atoms. The summed E-state index contributed by atoms with van der Waals surface area (Å²) >= 11 is 0. The lowest BCUT2D eigenvalue weighted by molar-refractivity contribution is 0.155. The van der Waals surface area contributed by atoms with Gasteiger partial charge in [0.2, 0.25) is 0 Å². The van der Waals surface area contributed by atoms with Crippen LogP contribution >= 0.6 is 0 Å². The molecule has 0 aromatic heterocycles. The monoisotopic (exact) mass is 111 g/mol. The minimum Gasteiger partial charge on any atom is -0.330 e. The summed E-state index contributed by atoms with van der Waals surface area (Å²) in [5.74, 6) is 1.08. The van der Waals surface area contributed by atoms with Crippen molar-refractivity contribution in [3.8, 4) is 0 Å². The Morgan fingerprint density at radius 1 is 1.50 bits per heavy atom. The fourth-order valence-corrected chi connectivity index (χ4v) is 2.35. The van der Waals surface area contributed by atoms with E-state index in [2.05, 4.69) is 0 Å². The van der Waals surface area contributed by atoms with Crippen LogP contribution in [0.1, 0.15) is 25.7 Å². The molecule has 0 amide bonds. The standard InChI is InChI=1S/C7H13N/c8-5-7-2-1-6(3-7)4-7/h6H,1-5,8H2. The van der Waals surface area contributed by atoms with E-state index in [1.165, 1.54) is 25.7 Å². The Hall–Kier alpha value is -0.0400. The molecule has 3 rings (SSSR count). The van der Waals surface area contributed by atoms with Crippen molar-refractivity contribution in [2.45, 2.75) is 25.7 Å². The Morgan fingerprint density at radius 3 is 2.50 bits per heavy atom. The Labute approximate surface area is 50.3 Å². The first-order valence-corrected chi connectivity index (χ1v) is 3.55. The Balaban J connectivity index is 2.09. The van der Waals surface area contributed by atoms with E-state index in [0.717, 1.165) is 12.5 Å². The lowest BCUT2D eigenvalue weighted by Gasteiger charge is -2.37. The van der Waals surface area contributed by atoms with Crippen molar-refractivity contribution >= 4 is 0 Å². The molecule has 1 heteroatoms. The van der Waals surface area contributed by atoms with Gasteiger partial charge in [0.25, 0.3) is 0 Å². The maximum absolute atomic E-state index is 5.61. The highest BCUT2D eigenvalue weighted by Gasteiger charge is 2.48. The molecule has 3 fully saturated rings. The predicted octanol–water partition coefficient (Wildman–Crippen LogP) is 1.14. The largest absolute Gasteiger partial charge is 0.330 e. The van der Waals surface area contributed by atoms with Gasteiger partial charge in [-0.2, -0.15) is 0 Å². The van der Waals surface area contributed by atoms with Gasteiger partial charge in [-0.05, 0) is 43.6 Å². The molecular weight excluding hydrogens is 98.1 g/mol. The molecule has 0 aromatic carbocycles. The van der Waals surface area contributed by atoms with Crippen LogP contribution in [0.5, 0.6) is 0 Å². The fourth-order valence-electron chi connectivity index (χ4n) is 2.35. The lowest BCUT2D eigenvalue weighted by atomic mass is 9.70. The molecular formula is C7H13N. The average molecular weight is 111 g/mol. The first-order valence-electron chi connectivity index (χ1n) is 3.55. The number of hydrogen-bond acceptors (Lipinski definition) is 1. The van der Waals surface area contributed by atoms with Gasteiger partial charge in [0.05, 0.1) is 0 Å². The zero-order chi connectivity index (χ0) is 5.61. The molecule has 3 aliphatic rings. The minimum atomic E-state index is 0.657. The van der Waals surface area contributed by atoms with Gasteiger partial charge in [-0.3, -0.25) is 0 Å². The zero-order valence-corrected chi connectivity index (χ0v) is 5.19. The first kappa shape index (κ1) is 4.80. The smallest absolute Gasteiger partial charge is 0.00203 e. The van der Waals surface area contributed by atoms with E-state index < -0.39 is 0 Å². The molecule has 3 aliphatic carbocycles. The normalized spacial score (nSPS) is 51.4. The molecule has 0 radical (unpaired) electrons. The summed E-state index contributed by atoms with van der Waals surface area (Å²) in [6.45, 7) is 0.948. The van der Waals surface area contributed by atoms with Crippen molar-refractivity contribution in [1.29, 1.82) is 0 Å². The zero-order valence-electron chi connectivity index (χ0n) is 5.19. The highest BCUT2D eigenvalue weighted by Crippen LogP contribution is 2.57. The van der Waals surface area contributed by atoms with Gasteiger partial charge in [-0.1, -0.05) is 0 Å². The van der Waals surface area contributed by atoms with E-state index in [1.54, 1.807) is 0 Å². The summed E-state index contributed by atoms with van der Waals surface area (Å²) in [6, 6.07) is 0. The molecule has 1 nitrogen and oxygen atoms in total. The Kier molecular flexibility index (Phi) is 0.762. The summed E-state index contributed by atoms with van der Waals surface area (Å²) in [5.41, 5.74) is 6.26. The van der Waals surface area contributed by atoms with E-state index >= 15 is 0 Å². The second kappa shape index (κ2) is 1.27. The van der Waals surface area contributed by atoms with Crippen molar-refractivity contribution in [3.63, 3.8) is 0 Å². The van der Waals surface area contributed by atoms with Gasteiger partial charge in [0, 0.05) is 0 Å². The van der Waals surface area contributed by atoms with E-state index in [9.17, 15) is 0 Å². The molecule has 0 spiro atoms. The van der Waals surface area contributed by atoms with E-state index in [4.69, 9.17) is 5.73 Å². The van der Waals surface area contributed by atoms with Crippen LogP contribution < -0.4 is 5.73 Å². The molecule has 0 heterocycles. The van der Waals surface area contributed by atoms with Gasteiger partial charge in [-0.15, -0.1) is 0 Å². The van der Waals surface area contributed by atoms with Crippen LogP contribution in [0.4, 0.5) is 0 Å². The molecule has 0 saturated heterocycles. The summed E-state index contributed by atoms with van der Waals surface area (Å²) in [5, 5.41) is 0. The third kappa shape index (κ3) is 0.408. The first-order chi connectivity index (χ1) is 3.85. The minimum absolute atomic E-state index is 0.657. The Morgan fingerprint density at radius 2 is 2.25 bits per heavy atom. The SMILES string of the molecule is NCC12CCC(C1)C2. The second-order valence-corrected chi connectivity index (χ2v) is 3.52. The molecule has 0 aliphatic heterocycles. The van der Waals surface area contributed by atoms with Crippen molar-refractivity contribution < 1.29 is 0 Å². The van der Waals surface area contributed by atoms with Crippen molar-refractivity contribution in [1.82, 2.24) is 0 Å². The number of hydrogen-bond donors (Lipinski definition) is 1. The van der Waals surface area contributed by atoms with Crippen LogP contribution in [0.2, 0.25) is 0 Å². The highest BCUT2D eigenvalue weighted by molar-refractivity contribution is 5.01. The van der Waals surface area contributed by atoms with Crippen molar-refractivity contribution in [2.24, 2.45) is 17.1 Å². The predicted molar refractivity (Wildman–Crippen MR) is 33.4 cm³/mol. The van der Waals surface area contributed by atoms with Gasteiger partial charge in [0.15, 0.2) is 0 Å². The van der Waals surface area contributed by atoms with Crippen LogP contribution in [0.25, 0.3) is 0 Å². The highest BCUT2D eigenvalue weighted by atomic mass is 14.7. The van der Waals surface area contributed by atoms with Crippen LogP contribution in [0, 0.1) is 11.3 Å².